The van der Waals surface area contributed by atoms with E-state index in [9.17, 15) is 5.11 Å². The van der Waals surface area contributed by atoms with Gasteiger partial charge < -0.3 is 14.8 Å². The van der Waals surface area contributed by atoms with E-state index in [-0.39, 0.29) is 0 Å². The van der Waals surface area contributed by atoms with Gasteiger partial charge in [-0.1, -0.05) is 32.0 Å². The third-order valence-corrected chi connectivity index (χ3v) is 4.03. The number of para-hydroxylation sites is 1. The largest absolute Gasteiger partial charge is 0.444 e. The summed E-state index contributed by atoms with van der Waals surface area (Å²) < 4.78 is 5.50. The Kier molecular flexibility index (Phi) is 4.50. The van der Waals surface area contributed by atoms with Crippen molar-refractivity contribution in [3.8, 4) is 0 Å². The van der Waals surface area contributed by atoms with Crippen molar-refractivity contribution in [3.05, 3.63) is 35.0 Å². The van der Waals surface area contributed by atoms with Crippen LogP contribution in [-0.4, -0.2) is 17.3 Å². The summed E-state index contributed by atoms with van der Waals surface area (Å²) >= 11 is 6.12. The maximum atomic E-state index is 10.2. The second-order valence-electron chi connectivity index (χ2n) is 4.89. The monoisotopic (exact) mass is 281 g/mol. The van der Waals surface area contributed by atoms with E-state index in [0.29, 0.717) is 18.3 Å². The SMILES string of the molecule is CCC(O)(CC)CNCc1c(Cl)oc2ccccc12. The van der Waals surface area contributed by atoms with Crippen molar-refractivity contribution in [3.63, 3.8) is 0 Å². The van der Waals surface area contributed by atoms with Gasteiger partial charge in [-0.3, -0.25) is 0 Å². The first-order valence-electron chi connectivity index (χ1n) is 6.68. The molecule has 0 saturated carbocycles. The number of benzene rings is 1. The predicted octanol–water partition coefficient (Wildman–Crippen LogP) is 3.73. The predicted molar refractivity (Wildman–Crippen MR) is 78.5 cm³/mol. The fourth-order valence-electron chi connectivity index (χ4n) is 2.15. The molecule has 2 N–H and O–H groups in total. The normalized spacial score (nSPS) is 12.2. The highest BCUT2D eigenvalue weighted by atomic mass is 35.5. The molecule has 0 aliphatic carbocycles. The van der Waals surface area contributed by atoms with Gasteiger partial charge in [0, 0.05) is 24.0 Å². The van der Waals surface area contributed by atoms with E-state index in [1.54, 1.807) is 0 Å². The Balaban J connectivity index is 2.08. The average molecular weight is 282 g/mol. The zero-order chi connectivity index (χ0) is 13.9. The Morgan fingerprint density at radius 2 is 1.95 bits per heavy atom. The van der Waals surface area contributed by atoms with Crippen LogP contribution in [0.1, 0.15) is 32.3 Å². The van der Waals surface area contributed by atoms with Gasteiger partial charge in [0.05, 0.1) is 5.60 Å². The molecule has 19 heavy (non-hydrogen) atoms. The Hall–Kier alpha value is -1.03. The maximum Gasteiger partial charge on any atom is 0.199 e. The smallest absolute Gasteiger partial charge is 0.199 e. The van der Waals surface area contributed by atoms with Crippen molar-refractivity contribution in [1.82, 2.24) is 5.32 Å². The first kappa shape index (κ1) is 14.4. The van der Waals surface area contributed by atoms with Crippen LogP contribution < -0.4 is 5.32 Å². The van der Waals surface area contributed by atoms with Gasteiger partial charge in [0.1, 0.15) is 5.58 Å². The van der Waals surface area contributed by atoms with E-state index in [2.05, 4.69) is 5.32 Å². The van der Waals surface area contributed by atoms with Gasteiger partial charge in [0.15, 0.2) is 5.22 Å². The molecule has 0 amide bonds. The van der Waals surface area contributed by atoms with Crippen LogP contribution in [0.2, 0.25) is 5.22 Å². The van der Waals surface area contributed by atoms with Gasteiger partial charge >= 0.3 is 0 Å². The van der Waals surface area contributed by atoms with Gasteiger partial charge in [-0.25, -0.2) is 0 Å². The molecule has 104 valence electrons. The minimum Gasteiger partial charge on any atom is -0.444 e. The van der Waals surface area contributed by atoms with Crippen LogP contribution in [-0.2, 0) is 6.54 Å². The molecule has 0 aliphatic heterocycles. The van der Waals surface area contributed by atoms with E-state index in [1.165, 1.54) is 0 Å². The highest BCUT2D eigenvalue weighted by molar-refractivity contribution is 6.30. The van der Waals surface area contributed by atoms with Crippen LogP contribution in [0.15, 0.2) is 28.7 Å². The Bertz CT molecular complexity index is 546. The first-order valence-corrected chi connectivity index (χ1v) is 7.06. The standard InChI is InChI=1S/C15H20ClNO2/c1-3-15(18,4-2)10-17-9-12-11-7-5-6-8-13(11)19-14(12)16/h5-8,17-18H,3-4,9-10H2,1-2H3. The summed E-state index contributed by atoms with van der Waals surface area (Å²) in [7, 11) is 0. The first-order chi connectivity index (χ1) is 9.09. The second-order valence-corrected chi connectivity index (χ2v) is 5.23. The molecule has 0 fully saturated rings. The van der Waals surface area contributed by atoms with Gasteiger partial charge in [-0.2, -0.15) is 0 Å². The fourth-order valence-corrected chi connectivity index (χ4v) is 2.41. The highest BCUT2D eigenvalue weighted by Crippen LogP contribution is 2.29. The molecule has 3 nitrogen and oxygen atoms in total. The minimum atomic E-state index is -0.647. The third-order valence-electron chi connectivity index (χ3n) is 3.72. The molecular weight excluding hydrogens is 262 g/mol. The molecule has 2 aromatic rings. The number of rotatable bonds is 6. The highest BCUT2D eigenvalue weighted by Gasteiger charge is 2.22. The van der Waals surface area contributed by atoms with E-state index < -0.39 is 5.60 Å². The van der Waals surface area contributed by atoms with E-state index in [0.717, 1.165) is 29.4 Å². The van der Waals surface area contributed by atoms with Crippen molar-refractivity contribution in [2.24, 2.45) is 0 Å². The van der Waals surface area contributed by atoms with Crippen LogP contribution in [0.25, 0.3) is 11.0 Å². The number of nitrogens with one attached hydrogen (secondary N) is 1. The van der Waals surface area contributed by atoms with E-state index in [4.69, 9.17) is 16.0 Å². The van der Waals surface area contributed by atoms with E-state index >= 15 is 0 Å². The molecule has 2 rings (SSSR count). The van der Waals surface area contributed by atoms with Crippen LogP contribution >= 0.6 is 11.6 Å². The third kappa shape index (κ3) is 3.11. The minimum absolute atomic E-state index is 0.422. The molecular formula is C15H20ClNO2. The number of furan rings is 1. The maximum absolute atomic E-state index is 10.2. The van der Waals surface area contributed by atoms with Crippen molar-refractivity contribution < 1.29 is 9.52 Å². The lowest BCUT2D eigenvalue weighted by molar-refractivity contribution is 0.0323. The number of fused-ring (bicyclic) bond motifs is 1. The molecule has 0 spiro atoms. The van der Waals surface area contributed by atoms with Crippen molar-refractivity contribution in [2.45, 2.75) is 38.8 Å². The topological polar surface area (TPSA) is 45.4 Å². The molecule has 1 aromatic heterocycles. The number of halogens is 1. The molecule has 1 heterocycles. The molecule has 0 radical (unpaired) electrons. The summed E-state index contributed by atoms with van der Waals surface area (Å²) in [4.78, 5) is 0. The van der Waals surface area contributed by atoms with Crippen molar-refractivity contribution in [2.75, 3.05) is 6.54 Å². The van der Waals surface area contributed by atoms with Crippen LogP contribution in [0.3, 0.4) is 0 Å². The zero-order valence-electron chi connectivity index (χ0n) is 11.4. The number of hydrogen-bond donors (Lipinski definition) is 2. The van der Waals surface area contributed by atoms with Crippen LogP contribution in [0.4, 0.5) is 0 Å². The molecule has 0 atom stereocenters. The second kappa shape index (κ2) is 5.95. The van der Waals surface area contributed by atoms with Crippen molar-refractivity contribution >= 4 is 22.6 Å². The quantitative estimate of drug-likeness (QED) is 0.848. The summed E-state index contributed by atoms with van der Waals surface area (Å²) in [6.45, 7) is 5.13. The van der Waals surface area contributed by atoms with Gasteiger partial charge in [0.25, 0.3) is 0 Å². The van der Waals surface area contributed by atoms with Gasteiger partial charge in [0.2, 0.25) is 0 Å². The van der Waals surface area contributed by atoms with E-state index in [1.807, 2.05) is 38.1 Å². The summed E-state index contributed by atoms with van der Waals surface area (Å²) in [5.74, 6) is 0. The molecule has 0 aliphatic rings. The lowest BCUT2D eigenvalue weighted by atomic mass is 9.97. The summed E-state index contributed by atoms with van der Waals surface area (Å²) in [5, 5.41) is 14.9. The lowest BCUT2D eigenvalue weighted by Gasteiger charge is -2.25. The Labute approximate surface area is 118 Å². The number of hydrogen-bond acceptors (Lipinski definition) is 3. The van der Waals surface area contributed by atoms with Crippen molar-refractivity contribution in [1.29, 1.82) is 0 Å². The van der Waals surface area contributed by atoms with Crippen LogP contribution in [0, 0.1) is 0 Å². The van der Waals surface area contributed by atoms with Gasteiger partial charge in [-0.15, -0.1) is 0 Å². The molecule has 0 unspecified atom stereocenters. The Morgan fingerprint density at radius 3 is 2.63 bits per heavy atom. The Morgan fingerprint density at radius 1 is 1.26 bits per heavy atom. The molecule has 1 aromatic carbocycles. The molecule has 0 bridgehead atoms. The molecule has 4 heteroatoms. The van der Waals surface area contributed by atoms with Crippen LogP contribution in [0.5, 0.6) is 0 Å². The summed E-state index contributed by atoms with van der Waals surface area (Å²) in [6, 6.07) is 7.78. The van der Waals surface area contributed by atoms with Gasteiger partial charge in [-0.05, 0) is 30.5 Å². The number of aliphatic hydroxyl groups is 1. The molecule has 0 saturated heterocycles. The lowest BCUT2D eigenvalue weighted by Crippen LogP contribution is -2.39. The summed E-state index contributed by atoms with van der Waals surface area (Å²) in [5.41, 5.74) is 1.10. The fraction of sp³-hybridized carbons (Fsp3) is 0.467. The zero-order valence-corrected chi connectivity index (χ0v) is 12.1. The summed E-state index contributed by atoms with van der Waals surface area (Å²) in [6.07, 6.45) is 1.47. The average Bonchev–Trinajstić information content (AvgIpc) is 2.75.